The number of piperidine rings is 1. The molecule has 2 atom stereocenters. The SMILES string of the molecule is C=CC(=O)N1CC(N2CCC(F)(CN3C[C@H]4CC(=O)N(c5cc(C(F)(F)F)cc(C)n5)[C@@H]4C(=O)N(C)c4cccc(C)c43)CC2)C1. The molecule has 0 N–H and O–H groups in total. The Balaban J connectivity index is 1.28. The van der Waals surface area contributed by atoms with Crippen LogP contribution in [-0.2, 0) is 20.6 Å². The second-order valence-electron chi connectivity index (χ2n) is 13.0. The summed E-state index contributed by atoms with van der Waals surface area (Å²) in [6, 6.07) is 6.25. The number of carbonyl (C=O) groups excluding carboxylic acids is 3. The minimum atomic E-state index is -4.66. The maximum atomic E-state index is 16.8. The number of aryl methyl sites for hydroxylation is 2. The van der Waals surface area contributed by atoms with E-state index in [9.17, 15) is 27.6 Å². The van der Waals surface area contributed by atoms with E-state index in [4.69, 9.17) is 0 Å². The molecule has 0 spiro atoms. The van der Waals surface area contributed by atoms with E-state index in [-0.39, 0.29) is 55.8 Å². The third-order valence-corrected chi connectivity index (χ3v) is 9.91. The molecule has 3 amide bonds. The molecule has 9 nitrogen and oxygen atoms in total. The molecule has 3 fully saturated rings. The van der Waals surface area contributed by atoms with Crippen molar-refractivity contribution in [3.63, 3.8) is 0 Å². The van der Waals surface area contributed by atoms with Gasteiger partial charge in [0.25, 0.3) is 0 Å². The van der Waals surface area contributed by atoms with E-state index in [2.05, 4.69) is 16.5 Å². The van der Waals surface area contributed by atoms with Crippen molar-refractivity contribution in [1.82, 2.24) is 14.8 Å². The predicted molar refractivity (Wildman–Crippen MR) is 165 cm³/mol. The molecular weight excluding hydrogens is 604 g/mol. The van der Waals surface area contributed by atoms with E-state index in [0.29, 0.717) is 37.6 Å². The van der Waals surface area contributed by atoms with Crippen molar-refractivity contribution in [1.29, 1.82) is 0 Å². The van der Waals surface area contributed by atoms with Gasteiger partial charge in [-0.15, -0.1) is 0 Å². The number of amides is 3. The van der Waals surface area contributed by atoms with Gasteiger partial charge in [0.2, 0.25) is 17.7 Å². The largest absolute Gasteiger partial charge is 0.416 e. The number of carbonyl (C=O) groups is 3. The molecular formula is C33H38F4N6O3. The number of hydrogen-bond acceptors (Lipinski definition) is 6. The summed E-state index contributed by atoms with van der Waals surface area (Å²) in [5.41, 5.74) is -0.355. The van der Waals surface area contributed by atoms with Crippen LogP contribution in [0.25, 0.3) is 0 Å². The molecule has 6 rings (SSSR count). The second kappa shape index (κ2) is 11.7. The van der Waals surface area contributed by atoms with Gasteiger partial charge in [-0.2, -0.15) is 13.2 Å². The highest BCUT2D eigenvalue weighted by Crippen LogP contribution is 2.43. The third-order valence-electron chi connectivity index (χ3n) is 9.91. The van der Waals surface area contributed by atoms with Gasteiger partial charge < -0.3 is 14.7 Å². The van der Waals surface area contributed by atoms with E-state index in [1.54, 1.807) is 24.1 Å². The average molecular weight is 643 g/mol. The molecule has 0 saturated carbocycles. The molecule has 1 aromatic heterocycles. The minimum absolute atomic E-state index is 0.0325. The lowest BCUT2D eigenvalue weighted by Crippen LogP contribution is -2.63. The maximum Gasteiger partial charge on any atom is 0.416 e. The lowest BCUT2D eigenvalue weighted by atomic mass is 9.88. The first-order chi connectivity index (χ1) is 21.7. The van der Waals surface area contributed by atoms with Crippen molar-refractivity contribution in [2.24, 2.45) is 5.92 Å². The Morgan fingerprint density at radius 3 is 2.46 bits per heavy atom. The molecule has 46 heavy (non-hydrogen) atoms. The van der Waals surface area contributed by atoms with Gasteiger partial charge in [-0.25, -0.2) is 9.37 Å². The van der Waals surface area contributed by atoms with Gasteiger partial charge in [0, 0.05) is 63.8 Å². The van der Waals surface area contributed by atoms with Crippen LogP contribution in [0, 0.1) is 19.8 Å². The molecule has 0 bridgehead atoms. The number of likely N-dealkylation sites (N-methyl/N-ethyl adjacent to an activating group) is 1. The number of rotatable bonds is 5. The number of pyridine rings is 1. The highest BCUT2D eigenvalue weighted by Gasteiger charge is 2.50. The predicted octanol–water partition coefficient (Wildman–Crippen LogP) is 4.12. The van der Waals surface area contributed by atoms with Crippen LogP contribution in [0.3, 0.4) is 0 Å². The lowest BCUT2D eigenvalue weighted by molar-refractivity contribution is -0.137. The first-order valence-electron chi connectivity index (χ1n) is 15.5. The summed E-state index contributed by atoms with van der Waals surface area (Å²) < 4.78 is 57.9. The number of alkyl halides is 4. The summed E-state index contributed by atoms with van der Waals surface area (Å²) >= 11 is 0. The Kier molecular flexibility index (Phi) is 8.10. The highest BCUT2D eigenvalue weighted by molar-refractivity contribution is 6.10. The van der Waals surface area contributed by atoms with Crippen molar-refractivity contribution in [3.8, 4) is 0 Å². The Morgan fingerprint density at radius 2 is 1.80 bits per heavy atom. The Hall–Kier alpha value is -4.00. The third kappa shape index (κ3) is 5.73. The van der Waals surface area contributed by atoms with Crippen molar-refractivity contribution in [3.05, 3.63) is 59.8 Å². The quantitative estimate of drug-likeness (QED) is 0.361. The van der Waals surface area contributed by atoms with E-state index >= 15 is 4.39 Å². The van der Waals surface area contributed by atoms with Crippen LogP contribution >= 0.6 is 0 Å². The van der Waals surface area contributed by atoms with Gasteiger partial charge in [0.15, 0.2) is 0 Å². The highest BCUT2D eigenvalue weighted by atomic mass is 19.4. The fourth-order valence-corrected chi connectivity index (χ4v) is 7.43. The molecule has 1 aromatic carbocycles. The van der Waals surface area contributed by atoms with Gasteiger partial charge >= 0.3 is 6.18 Å². The number of benzene rings is 1. The first kappa shape index (κ1) is 32.0. The number of halogens is 4. The maximum absolute atomic E-state index is 16.8. The normalized spacial score (nSPS) is 23.9. The number of likely N-dealkylation sites (tertiary alicyclic amines) is 2. The first-order valence-corrected chi connectivity index (χ1v) is 15.5. The van der Waals surface area contributed by atoms with Crippen LogP contribution in [0.5, 0.6) is 0 Å². The number of fused-ring (bicyclic) bond motifs is 2. The topological polar surface area (TPSA) is 80.3 Å². The second-order valence-corrected chi connectivity index (χ2v) is 13.0. The molecule has 2 aromatic rings. The molecule has 5 heterocycles. The monoisotopic (exact) mass is 642 g/mol. The molecule has 246 valence electrons. The lowest BCUT2D eigenvalue weighted by Gasteiger charge is -2.49. The number of para-hydroxylation sites is 1. The van der Waals surface area contributed by atoms with Crippen LogP contribution < -0.4 is 14.7 Å². The van der Waals surface area contributed by atoms with Gasteiger partial charge in [0.05, 0.1) is 23.5 Å². The van der Waals surface area contributed by atoms with Gasteiger partial charge in [-0.3, -0.25) is 24.2 Å². The fraction of sp³-hybridized carbons (Fsp3) is 0.515. The van der Waals surface area contributed by atoms with Gasteiger partial charge in [0.1, 0.15) is 17.5 Å². The van der Waals surface area contributed by atoms with E-state index in [0.717, 1.165) is 22.6 Å². The summed E-state index contributed by atoms with van der Waals surface area (Å²) in [4.78, 5) is 52.1. The zero-order chi connectivity index (χ0) is 33.1. The van der Waals surface area contributed by atoms with E-state index in [1.807, 2.05) is 17.9 Å². The van der Waals surface area contributed by atoms with Gasteiger partial charge in [-0.1, -0.05) is 18.7 Å². The smallest absolute Gasteiger partial charge is 0.366 e. The Bertz CT molecular complexity index is 1570. The summed E-state index contributed by atoms with van der Waals surface area (Å²) in [6.45, 7) is 9.29. The zero-order valence-electron chi connectivity index (χ0n) is 26.2. The number of nitrogens with zero attached hydrogens (tertiary/aromatic N) is 6. The molecule has 13 heteroatoms. The van der Waals surface area contributed by atoms with Crippen LogP contribution in [-0.4, -0.2) is 96.6 Å². The average Bonchev–Trinajstić information content (AvgIpc) is 3.29. The van der Waals surface area contributed by atoms with Crippen molar-refractivity contribution in [2.45, 2.75) is 57.0 Å². The Morgan fingerprint density at radius 1 is 1.11 bits per heavy atom. The standard InChI is InChI=1S/C33H38F4N6O3/c1-5-27(44)41-17-24(18-41)40-11-9-32(34,10-12-40)19-42-16-22-14-28(45)43(26-15-23(33(35,36)37)13-21(3)38-26)30(22)31(46)39(4)25-8-6-7-20(2)29(25)42/h5-8,13,15,22,24,30H,1,9-12,14,16-19H2,2-4H3/t22-,30+/m1/s1. The van der Waals surface area contributed by atoms with Crippen LogP contribution in [0.2, 0.25) is 0 Å². The zero-order valence-corrected chi connectivity index (χ0v) is 26.2. The van der Waals surface area contributed by atoms with Crippen molar-refractivity contribution < 1.29 is 31.9 Å². The molecule has 0 unspecified atom stereocenters. The van der Waals surface area contributed by atoms with Crippen molar-refractivity contribution >= 4 is 34.9 Å². The minimum Gasteiger partial charge on any atom is -0.366 e. The van der Waals surface area contributed by atoms with Crippen LogP contribution in [0.4, 0.5) is 34.8 Å². The number of aromatic nitrogens is 1. The fourth-order valence-electron chi connectivity index (χ4n) is 7.43. The Labute approximate surface area is 265 Å². The summed E-state index contributed by atoms with van der Waals surface area (Å²) in [6.07, 6.45) is -2.90. The molecule has 4 aliphatic rings. The van der Waals surface area contributed by atoms with Gasteiger partial charge in [-0.05, 0) is 56.5 Å². The van der Waals surface area contributed by atoms with E-state index < -0.39 is 41.2 Å². The molecule has 4 aliphatic heterocycles. The summed E-state index contributed by atoms with van der Waals surface area (Å²) in [5.74, 6) is -1.88. The molecule has 0 aliphatic carbocycles. The number of anilines is 3. The molecule has 0 radical (unpaired) electrons. The van der Waals surface area contributed by atoms with Crippen LogP contribution in [0.15, 0.2) is 43.0 Å². The molecule has 3 saturated heterocycles. The number of hydrogen-bond donors (Lipinski definition) is 0. The summed E-state index contributed by atoms with van der Waals surface area (Å²) in [7, 11) is 1.58. The van der Waals surface area contributed by atoms with Crippen LogP contribution in [0.1, 0.15) is 36.1 Å². The van der Waals surface area contributed by atoms with E-state index in [1.165, 1.54) is 17.9 Å². The van der Waals surface area contributed by atoms with Crippen molar-refractivity contribution in [2.75, 3.05) is 61.0 Å². The summed E-state index contributed by atoms with van der Waals surface area (Å²) in [5, 5.41) is 0.